The van der Waals surface area contributed by atoms with Gasteiger partial charge in [0.25, 0.3) is 6.33 Å². The van der Waals surface area contributed by atoms with Gasteiger partial charge in [0.15, 0.2) is 0 Å². The largest absolute Gasteiger partial charge is 0.842 e. The van der Waals surface area contributed by atoms with Crippen LogP contribution in [0, 0.1) is 0 Å². The lowest BCUT2D eigenvalue weighted by atomic mass is 10.0. The number of hydrogen-bond donors (Lipinski definition) is 0. The minimum absolute atomic E-state index is 0.224. The quantitative estimate of drug-likeness (QED) is 0.498. The van der Waals surface area contributed by atoms with Gasteiger partial charge in [0.2, 0.25) is 0 Å². The molecule has 0 spiro atoms. The Morgan fingerprint density at radius 3 is 2.31 bits per heavy atom. The fourth-order valence-corrected chi connectivity index (χ4v) is 3.33. The zero-order valence-electron chi connectivity index (χ0n) is 15.9. The fourth-order valence-electron chi connectivity index (χ4n) is 3.33. The number of rotatable bonds is 5. The minimum atomic E-state index is -0.308. The van der Waals surface area contributed by atoms with E-state index in [1.54, 1.807) is 12.4 Å². The third-order valence-electron chi connectivity index (χ3n) is 4.82. The maximum atomic E-state index is 13.3. The molecule has 0 aliphatic carbocycles. The van der Waals surface area contributed by atoms with Gasteiger partial charge in [-0.2, -0.15) is 4.57 Å². The van der Waals surface area contributed by atoms with Gasteiger partial charge in [-0.3, -0.25) is 0 Å². The molecule has 0 aliphatic heterocycles. The van der Waals surface area contributed by atoms with Crippen LogP contribution in [0.25, 0.3) is 17.5 Å². The van der Waals surface area contributed by atoms with Crippen LogP contribution in [0.3, 0.4) is 0 Å². The van der Waals surface area contributed by atoms with E-state index in [0.717, 1.165) is 11.1 Å². The average Bonchev–Trinajstić information content (AvgIpc) is 2.78. The highest BCUT2D eigenvalue weighted by atomic mass is 16.3. The number of aromatic nitrogens is 2. The van der Waals surface area contributed by atoms with Crippen molar-refractivity contribution in [3.8, 4) is 17.3 Å². The van der Waals surface area contributed by atoms with Crippen molar-refractivity contribution in [1.29, 1.82) is 0 Å². The summed E-state index contributed by atoms with van der Waals surface area (Å²) in [7, 11) is 0. The van der Waals surface area contributed by atoms with Gasteiger partial charge < -0.3 is 5.11 Å². The molecule has 0 aliphatic rings. The highest BCUT2D eigenvalue weighted by molar-refractivity contribution is 5.48. The normalized spacial score (nSPS) is 10.6. The second-order valence-electron chi connectivity index (χ2n) is 6.74. The maximum absolute atomic E-state index is 13.3. The van der Waals surface area contributed by atoms with Gasteiger partial charge in [-0.05, 0) is 35.4 Å². The van der Waals surface area contributed by atoms with Gasteiger partial charge in [0.1, 0.15) is 11.4 Å². The Labute approximate surface area is 169 Å². The highest BCUT2D eigenvalue weighted by Crippen LogP contribution is 2.16. The van der Waals surface area contributed by atoms with E-state index in [2.05, 4.69) is 6.58 Å². The van der Waals surface area contributed by atoms with Crippen LogP contribution >= 0.6 is 0 Å². The molecule has 0 radical (unpaired) electrons. The first-order valence-electron chi connectivity index (χ1n) is 9.37. The SMILES string of the molecule is C=Cc1cccc(Cc2c([O-])[n+](-c3ccccc3)cn(-c3ccccc3)c2=O)c1. The molecule has 0 atom stereocenters. The monoisotopic (exact) mass is 380 g/mol. The first-order valence-corrected chi connectivity index (χ1v) is 9.37. The Hall–Kier alpha value is -3.92. The number of hydrogen-bond acceptors (Lipinski definition) is 2. The Morgan fingerprint density at radius 2 is 1.62 bits per heavy atom. The molecule has 0 amide bonds. The van der Waals surface area contributed by atoms with Gasteiger partial charge in [-0.1, -0.05) is 73.3 Å². The smallest absolute Gasteiger partial charge is 0.345 e. The van der Waals surface area contributed by atoms with Gasteiger partial charge >= 0.3 is 5.56 Å². The van der Waals surface area contributed by atoms with Crippen molar-refractivity contribution in [3.05, 3.63) is 125 Å². The van der Waals surface area contributed by atoms with Crippen molar-refractivity contribution in [2.45, 2.75) is 6.42 Å². The van der Waals surface area contributed by atoms with E-state index >= 15 is 0 Å². The predicted octanol–water partition coefficient (Wildman–Crippen LogP) is 3.42. The van der Waals surface area contributed by atoms with Crippen LogP contribution < -0.4 is 15.2 Å². The van der Waals surface area contributed by atoms with E-state index in [9.17, 15) is 9.90 Å². The van der Waals surface area contributed by atoms with Crippen LogP contribution in [0.1, 0.15) is 16.7 Å². The summed E-state index contributed by atoms with van der Waals surface area (Å²) >= 11 is 0. The minimum Gasteiger partial charge on any atom is -0.842 e. The average molecular weight is 380 g/mol. The molecule has 1 heterocycles. The Kier molecular flexibility index (Phi) is 5.08. The summed E-state index contributed by atoms with van der Waals surface area (Å²) in [5.74, 6) is -0.308. The van der Waals surface area contributed by atoms with Crippen LogP contribution in [0.2, 0.25) is 0 Å². The number of nitrogens with zero attached hydrogens (tertiary/aromatic N) is 2. The number of para-hydroxylation sites is 2. The van der Waals surface area contributed by atoms with Crippen molar-refractivity contribution in [2.75, 3.05) is 0 Å². The maximum Gasteiger partial charge on any atom is 0.345 e. The lowest BCUT2D eigenvalue weighted by Gasteiger charge is -2.16. The molecule has 0 N–H and O–H groups in total. The third-order valence-corrected chi connectivity index (χ3v) is 4.82. The summed E-state index contributed by atoms with van der Waals surface area (Å²) in [4.78, 5) is 13.3. The van der Waals surface area contributed by atoms with E-state index in [-0.39, 0.29) is 23.4 Å². The van der Waals surface area contributed by atoms with Crippen LogP contribution in [0.5, 0.6) is 5.88 Å². The molecule has 0 unspecified atom stereocenters. The summed E-state index contributed by atoms with van der Waals surface area (Å²) in [6.45, 7) is 3.79. The van der Waals surface area contributed by atoms with Crippen LogP contribution in [-0.2, 0) is 6.42 Å². The van der Waals surface area contributed by atoms with Gasteiger partial charge in [-0.15, -0.1) is 0 Å². The Balaban J connectivity index is 1.93. The molecule has 29 heavy (non-hydrogen) atoms. The van der Waals surface area contributed by atoms with E-state index in [0.29, 0.717) is 11.4 Å². The summed E-state index contributed by atoms with van der Waals surface area (Å²) in [6.07, 6.45) is 3.57. The highest BCUT2D eigenvalue weighted by Gasteiger charge is 2.19. The van der Waals surface area contributed by atoms with Crippen molar-refractivity contribution in [1.82, 2.24) is 4.57 Å². The molecule has 4 heteroatoms. The first-order chi connectivity index (χ1) is 14.2. The van der Waals surface area contributed by atoms with Crippen LogP contribution in [-0.4, -0.2) is 4.57 Å². The van der Waals surface area contributed by atoms with Gasteiger partial charge in [-0.25, -0.2) is 9.36 Å². The van der Waals surface area contributed by atoms with E-state index in [1.807, 2.05) is 84.9 Å². The molecule has 0 saturated heterocycles. The summed E-state index contributed by atoms with van der Waals surface area (Å²) in [5, 5.41) is 13.3. The molecule has 0 saturated carbocycles. The molecule has 1 aromatic heterocycles. The lowest BCUT2D eigenvalue weighted by molar-refractivity contribution is -0.655. The molecule has 4 rings (SSSR count). The predicted molar refractivity (Wildman–Crippen MR) is 112 cm³/mol. The second kappa shape index (κ2) is 7.98. The van der Waals surface area contributed by atoms with E-state index in [1.165, 1.54) is 9.13 Å². The summed E-state index contributed by atoms with van der Waals surface area (Å²) in [6, 6.07) is 26.4. The molecular formula is C25H20N2O2. The van der Waals surface area contributed by atoms with Crippen molar-refractivity contribution >= 4 is 6.08 Å². The number of benzene rings is 3. The first kappa shape index (κ1) is 18.4. The van der Waals surface area contributed by atoms with Crippen molar-refractivity contribution in [2.24, 2.45) is 0 Å². The Morgan fingerprint density at radius 1 is 0.931 bits per heavy atom. The molecule has 142 valence electrons. The summed E-state index contributed by atoms with van der Waals surface area (Å²) in [5.41, 5.74) is 3.18. The second-order valence-corrected chi connectivity index (χ2v) is 6.74. The molecular weight excluding hydrogens is 360 g/mol. The standard InChI is InChI=1S/C25H20N2O2/c1-2-19-10-9-11-20(16-19)17-23-24(28)26(21-12-5-3-6-13-21)18-27(25(23)29)22-14-7-4-8-15-22/h2-16,18H,1,17H2. The zero-order valence-corrected chi connectivity index (χ0v) is 15.9. The topological polar surface area (TPSA) is 48.9 Å². The fraction of sp³-hybridized carbons (Fsp3) is 0.0400. The summed E-state index contributed by atoms with van der Waals surface area (Å²) < 4.78 is 3.06. The zero-order chi connectivity index (χ0) is 20.2. The van der Waals surface area contributed by atoms with Crippen molar-refractivity contribution in [3.63, 3.8) is 0 Å². The van der Waals surface area contributed by atoms with Gasteiger partial charge in [0.05, 0.1) is 11.4 Å². The molecule has 4 aromatic rings. The van der Waals surface area contributed by atoms with Crippen LogP contribution in [0.4, 0.5) is 0 Å². The molecule has 4 nitrogen and oxygen atoms in total. The Bertz CT molecular complexity index is 1210. The van der Waals surface area contributed by atoms with Crippen LogP contribution in [0.15, 0.2) is 103 Å². The molecule has 0 fully saturated rings. The van der Waals surface area contributed by atoms with Gasteiger partial charge in [0, 0.05) is 6.42 Å². The third kappa shape index (κ3) is 3.73. The van der Waals surface area contributed by atoms with E-state index in [4.69, 9.17) is 0 Å². The molecule has 3 aromatic carbocycles. The van der Waals surface area contributed by atoms with E-state index < -0.39 is 0 Å². The molecule has 0 bridgehead atoms. The van der Waals surface area contributed by atoms with Crippen molar-refractivity contribution < 1.29 is 9.67 Å². The lowest BCUT2D eigenvalue weighted by Crippen LogP contribution is -2.43.